The van der Waals surface area contributed by atoms with Gasteiger partial charge in [-0.15, -0.1) is 0 Å². The summed E-state index contributed by atoms with van der Waals surface area (Å²) >= 11 is 0. The Kier molecular flexibility index (Phi) is 5.45. The number of likely N-dealkylation sites (N-methyl/N-ethyl adjacent to an activating group) is 1. The van der Waals surface area contributed by atoms with Crippen LogP contribution >= 0.6 is 0 Å². The number of nitrogens with zero attached hydrogens (tertiary/aromatic N) is 2. The first-order valence-electron chi connectivity index (χ1n) is 7.52. The number of non-ortho nitro benzene ring substituents is 1. The van der Waals surface area contributed by atoms with E-state index in [1.165, 1.54) is 0 Å². The molecule has 24 heavy (non-hydrogen) atoms. The molecular weight excluding hydrogens is 321 g/mol. The van der Waals surface area contributed by atoms with Gasteiger partial charge in [-0.25, -0.2) is 4.39 Å². The molecule has 0 heterocycles. The van der Waals surface area contributed by atoms with E-state index < -0.39 is 28.3 Å². The molecule has 0 saturated heterocycles. The zero-order valence-corrected chi connectivity index (χ0v) is 13.1. The number of carboxylic acids is 1. The zero-order valence-electron chi connectivity index (χ0n) is 13.1. The van der Waals surface area contributed by atoms with Crippen LogP contribution in [0.1, 0.15) is 30.1 Å². The molecule has 130 valence electrons. The first-order valence-corrected chi connectivity index (χ1v) is 7.52. The van der Waals surface area contributed by atoms with Gasteiger partial charge in [0.1, 0.15) is 5.82 Å². The normalized spacial score (nSPS) is 19.6. The van der Waals surface area contributed by atoms with E-state index in [-0.39, 0.29) is 24.2 Å². The molecule has 1 aliphatic rings. The molecule has 1 aliphatic carbocycles. The van der Waals surface area contributed by atoms with Gasteiger partial charge in [0, 0.05) is 18.2 Å². The van der Waals surface area contributed by atoms with Crippen LogP contribution in [0, 0.1) is 15.9 Å². The molecule has 2 rings (SSSR count). The van der Waals surface area contributed by atoms with Gasteiger partial charge in [0.25, 0.3) is 11.6 Å². The maximum atomic E-state index is 13.8. The molecule has 0 radical (unpaired) electrons. The van der Waals surface area contributed by atoms with E-state index in [1.54, 1.807) is 4.90 Å². The standard InChI is InChI=1S/C15H18FN3O5/c1-2-18(8-14(20)21)11-5-9(6-11)17-15(22)12-4-3-10(19(23)24)7-13(12)16/h3-4,7,9,11H,2,5-6,8H2,1H3,(H,17,22)(H,20,21). The number of amides is 1. The highest BCUT2D eigenvalue weighted by atomic mass is 19.1. The number of nitro benzene ring substituents is 1. The second kappa shape index (κ2) is 7.35. The number of rotatable bonds is 7. The Morgan fingerprint density at radius 1 is 1.46 bits per heavy atom. The number of benzene rings is 1. The average molecular weight is 339 g/mol. The van der Waals surface area contributed by atoms with E-state index >= 15 is 0 Å². The van der Waals surface area contributed by atoms with Crippen LogP contribution in [0.5, 0.6) is 0 Å². The van der Waals surface area contributed by atoms with Crippen molar-refractivity contribution in [2.75, 3.05) is 13.1 Å². The largest absolute Gasteiger partial charge is 0.480 e. The molecule has 1 aromatic rings. The fourth-order valence-electron chi connectivity index (χ4n) is 2.74. The minimum absolute atomic E-state index is 0.0567. The minimum atomic E-state index is -0.946. The van der Waals surface area contributed by atoms with Crippen LogP contribution in [0.3, 0.4) is 0 Å². The average Bonchev–Trinajstić information content (AvgIpc) is 2.47. The lowest BCUT2D eigenvalue weighted by Crippen LogP contribution is -2.54. The highest BCUT2D eigenvalue weighted by Crippen LogP contribution is 2.26. The van der Waals surface area contributed by atoms with Gasteiger partial charge < -0.3 is 10.4 Å². The van der Waals surface area contributed by atoms with Gasteiger partial charge in [-0.2, -0.15) is 0 Å². The van der Waals surface area contributed by atoms with Crippen LogP contribution in [-0.4, -0.2) is 52.0 Å². The zero-order chi connectivity index (χ0) is 17.9. The summed E-state index contributed by atoms with van der Waals surface area (Å²) in [6.07, 6.45) is 1.17. The van der Waals surface area contributed by atoms with Gasteiger partial charge in [-0.05, 0) is 25.5 Å². The van der Waals surface area contributed by atoms with Crippen molar-refractivity contribution in [3.05, 3.63) is 39.7 Å². The number of carbonyl (C=O) groups is 2. The van der Waals surface area contributed by atoms with E-state index in [2.05, 4.69) is 5.32 Å². The molecule has 9 heteroatoms. The van der Waals surface area contributed by atoms with Crippen molar-refractivity contribution >= 4 is 17.6 Å². The first kappa shape index (κ1) is 17.8. The van der Waals surface area contributed by atoms with Crippen LogP contribution in [0.15, 0.2) is 18.2 Å². The number of hydrogen-bond donors (Lipinski definition) is 2. The SMILES string of the molecule is CCN(CC(=O)O)C1CC(NC(=O)c2ccc([N+](=O)[O-])cc2F)C1. The molecule has 8 nitrogen and oxygen atoms in total. The van der Waals surface area contributed by atoms with Crippen molar-refractivity contribution in [3.8, 4) is 0 Å². The molecule has 1 aromatic carbocycles. The highest BCUT2D eigenvalue weighted by Gasteiger charge is 2.35. The maximum absolute atomic E-state index is 13.8. The number of nitro groups is 1. The van der Waals surface area contributed by atoms with Crippen LogP contribution in [0.4, 0.5) is 10.1 Å². The molecular formula is C15H18FN3O5. The van der Waals surface area contributed by atoms with Crippen molar-refractivity contribution in [2.45, 2.75) is 31.8 Å². The van der Waals surface area contributed by atoms with Gasteiger partial charge in [-0.3, -0.25) is 24.6 Å². The van der Waals surface area contributed by atoms with Gasteiger partial charge in [0.05, 0.1) is 23.1 Å². The Hall–Kier alpha value is -2.55. The lowest BCUT2D eigenvalue weighted by atomic mass is 9.85. The minimum Gasteiger partial charge on any atom is -0.480 e. The Balaban J connectivity index is 1.91. The van der Waals surface area contributed by atoms with Gasteiger partial charge >= 0.3 is 5.97 Å². The number of carboxylic acid groups (broad SMARTS) is 1. The smallest absolute Gasteiger partial charge is 0.317 e. The van der Waals surface area contributed by atoms with E-state index in [9.17, 15) is 24.1 Å². The molecule has 0 spiro atoms. The second-order valence-corrected chi connectivity index (χ2v) is 5.67. The Morgan fingerprint density at radius 2 is 2.12 bits per heavy atom. The van der Waals surface area contributed by atoms with Gasteiger partial charge in [-0.1, -0.05) is 6.92 Å². The third kappa shape index (κ3) is 4.05. The van der Waals surface area contributed by atoms with E-state index in [4.69, 9.17) is 5.11 Å². The van der Waals surface area contributed by atoms with E-state index in [1.807, 2.05) is 6.92 Å². The Morgan fingerprint density at radius 3 is 2.62 bits per heavy atom. The molecule has 1 saturated carbocycles. The van der Waals surface area contributed by atoms with Crippen molar-refractivity contribution < 1.29 is 24.0 Å². The topological polar surface area (TPSA) is 113 Å². The Bertz CT molecular complexity index is 661. The number of hydrogen-bond acceptors (Lipinski definition) is 5. The summed E-state index contributed by atoms with van der Waals surface area (Å²) in [5.74, 6) is -2.48. The molecule has 1 fully saturated rings. The van der Waals surface area contributed by atoms with Crippen molar-refractivity contribution in [2.24, 2.45) is 0 Å². The number of nitrogens with one attached hydrogen (secondary N) is 1. The Labute approximate surface area is 137 Å². The molecule has 2 N–H and O–H groups in total. The second-order valence-electron chi connectivity index (χ2n) is 5.67. The molecule has 0 aromatic heterocycles. The highest BCUT2D eigenvalue weighted by molar-refractivity contribution is 5.95. The fraction of sp³-hybridized carbons (Fsp3) is 0.467. The fourth-order valence-corrected chi connectivity index (χ4v) is 2.74. The molecule has 0 bridgehead atoms. The number of halogens is 1. The predicted molar refractivity (Wildman–Crippen MR) is 82.2 cm³/mol. The summed E-state index contributed by atoms with van der Waals surface area (Å²) in [6, 6.07) is 2.78. The summed E-state index contributed by atoms with van der Waals surface area (Å²) in [6.45, 7) is 2.40. The van der Waals surface area contributed by atoms with Gasteiger partial charge in [0.15, 0.2) is 0 Å². The summed E-state index contributed by atoms with van der Waals surface area (Å²) in [4.78, 5) is 34.4. The lowest BCUT2D eigenvalue weighted by Gasteiger charge is -2.42. The van der Waals surface area contributed by atoms with Crippen molar-refractivity contribution in [1.82, 2.24) is 10.2 Å². The summed E-state index contributed by atoms with van der Waals surface area (Å²) in [7, 11) is 0. The third-order valence-electron chi connectivity index (χ3n) is 4.12. The summed E-state index contributed by atoms with van der Waals surface area (Å²) in [5.41, 5.74) is -0.665. The van der Waals surface area contributed by atoms with Crippen LogP contribution in [-0.2, 0) is 4.79 Å². The van der Waals surface area contributed by atoms with E-state index in [0.29, 0.717) is 25.5 Å². The molecule has 0 aliphatic heterocycles. The molecule has 1 amide bonds. The summed E-state index contributed by atoms with van der Waals surface area (Å²) < 4.78 is 13.8. The monoisotopic (exact) mass is 339 g/mol. The third-order valence-corrected chi connectivity index (χ3v) is 4.12. The predicted octanol–water partition coefficient (Wildman–Crippen LogP) is 1.40. The van der Waals surface area contributed by atoms with Crippen LogP contribution in [0.25, 0.3) is 0 Å². The van der Waals surface area contributed by atoms with Crippen molar-refractivity contribution in [3.63, 3.8) is 0 Å². The van der Waals surface area contributed by atoms with Crippen LogP contribution in [0.2, 0.25) is 0 Å². The summed E-state index contributed by atoms with van der Waals surface area (Å²) in [5, 5.41) is 22.1. The lowest BCUT2D eigenvalue weighted by molar-refractivity contribution is -0.385. The van der Waals surface area contributed by atoms with Gasteiger partial charge in [0.2, 0.25) is 0 Å². The van der Waals surface area contributed by atoms with E-state index in [0.717, 1.165) is 12.1 Å². The van der Waals surface area contributed by atoms with Crippen LogP contribution < -0.4 is 5.32 Å². The number of aliphatic carboxylic acids is 1. The molecule has 0 unspecified atom stereocenters. The maximum Gasteiger partial charge on any atom is 0.317 e. The quantitative estimate of drug-likeness (QED) is 0.573. The molecule has 0 atom stereocenters. The first-order chi connectivity index (χ1) is 11.3. The van der Waals surface area contributed by atoms with Crippen molar-refractivity contribution in [1.29, 1.82) is 0 Å². The number of carbonyl (C=O) groups excluding carboxylic acids is 1.